The molecule has 0 aliphatic heterocycles. The summed E-state index contributed by atoms with van der Waals surface area (Å²) in [6.07, 6.45) is 0.654. The highest BCUT2D eigenvalue weighted by Gasteiger charge is 2.11. The number of nitrogens with zero attached hydrogens (tertiary/aromatic N) is 2. The van der Waals surface area contributed by atoms with Gasteiger partial charge in [0.1, 0.15) is 11.5 Å². The maximum atomic E-state index is 12.0. The van der Waals surface area contributed by atoms with Gasteiger partial charge >= 0.3 is 0 Å². The molecule has 0 unspecified atom stereocenters. The standard InChI is InChI=1S/C20H21N3O4/c1-25-16-8-6-14(7-9-16)13-21-18(24)10-11-19-22-23-20(27-19)15-4-3-5-17(12-15)26-2/h3-9,12H,10-11,13H2,1-2H3,(H,21,24). The quantitative estimate of drug-likeness (QED) is 0.659. The minimum atomic E-state index is -0.0769. The summed E-state index contributed by atoms with van der Waals surface area (Å²) < 4.78 is 15.9. The maximum Gasteiger partial charge on any atom is 0.247 e. The van der Waals surface area contributed by atoms with E-state index in [1.807, 2.05) is 48.5 Å². The number of hydrogen-bond donors (Lipinski definition) is 1. The van der Waals surface area contributed by atoms with E-state index in [4.69, 9.17) is 13.9 Å². The molecule has 0 aliphatic rings. The van der Waals surface area contributed by atoms with Gasteiger partial charge in [-0.1, -0.05) is 18.2 Å². The van der Waals surface area contributed by atoms with Gasteiger partial charge in [-0.3, -0.25) is 4.79 Å². The van der Waals surface area contributed by atoms with Gasteiger partial charge in [0.25, 0.3) is 0 Å². The molecule has 1 aromatic heterocycles. The summed E-state index contributed by atoms with van der Waals surface area (Å²) in [6, 6.07) is 14.9. The van der Waals surface area contributed by atoms with Gasteiger partial charge in [0.15, 0.2) is 0 Å². The van der Waals surface area contributed by atoms with Crippen LogP contribution in [0.15, 0.2) is 52.9 Å². The van der Waals surface area contributed by atoms with Crippen molar-refractivity contribution < 1.29 is 18.7 Å². The highest BCUT2D eigenvalue weighted by molar-refractivity contribution is 5.76. The lowest BCUT2D eigenvalue weighted by Gasteiger charge is -2.05. The van der Waals surface area contributed by atoms with Gasteiger partial charge in [0.2, 0.25) is 17.7 Å². The molecule has 0 spiro atoms. The lowest BCUT2D eigenvalue weighted by atomic mass is 10.2. The van der Waals surface area contributed by atoms with E-state index < -0.39 is 0 Å². The zero-order chi connectivity index (χ0) is 19.1. The minimum Gasteiger partial charge on any atom is -0.497 e. The molecule has 3 rings (SSSR count). The van der Waals surface area contributed by atoms with E-state index in [-0.39, 0.29) is 12.3 Å². The zero-order valence-electron chi connectivity index (χ0n) is 15.3. The highest BCUT2D eigenvalue weighted by atomic mass is 16.5. The van der Waals surface area contributed by atoms with E-state index in [1.54, 1.807) is 14.2 Å². The summed E-state index contributed by atoms with van der Waals surface area (Å²) in [5.41, 5.74) is 1.78. The minimum absolute atomic E-state index is 0.0769. The van der Waals surface area contributed by atoms with Crippen LogP contribution in [0.25, 0.3) is 11.5 Å². The van der Waals surface area contributed by atoms with Crippen molar-refractivity contribution in [2.45, 2.75) is 19.4 Å². The van der Waals surface area contributed by atoms with E-state index in [2.05, 4.69) is 15.5 Å². The van der Waals surface area contributed by atoms with E-state index >= 15 is 0 Å². The van der Waals surface area contributed by atoms with Gasteiger partial charge < -0.3 is 19.2 Å². The Balaban J connectivity index is 1.49. The van der Waals surface area contributed by atoms with Gasteiger partial charge in [0.05, 0.1) is 14.2 Å². The first-order valence-electron chi connectivity index (χ1n) is 8.54. The van der Waals surface area contributed by atoms with Crippen LogP contribution in [-0.2, 0) is 17.8 Å². The first kappa shape index (κ1) is 18.4. The Bertz CT molecular complexity index is 890. The molecule has 7 nitrogen and oxygen atoms in total. The molecule has 140 valence electrons. The van der Waals surface area contributed by atoms with Crippen LogP contribution >= 0.6 is 0 Å². The number of carbonyl (C=O) groups is 1. The van der Waals surface area contributed by atoms with Crippen molar-refractivity contribution in [3.8, 4) is 23.0 Å². The summed E-state index contributed by atoms with van der Waals surface area (Å²) in [5, 5.41) is 10.9. The van der Waals surface area contributed by atoms with Crippen molar-refractivity contribution in [3.05, 3.63) is 60.0 Å². The van der Waals surface area contributed by atoms with Crippen LogP contribution in [0.4, 0.5) is 0 Å². The molecule has 0 atom stereocenters. The first-order chi connectivity index (χ1) is 13.2. The van der Waals surface area contributed by atoms with E-state index in [0.717, 1.165) is 16.9 Å². The second-order valence-corrected chi connectivity index (χ2v) is 5.86. The molecule has 0 fully saturated rings. The molecule has 1 heterocycles. The van der Waals surface area contributed by atoms with Gasteiger partial charge in [-0.25, -0.2) is 0 Å². The monoisotopic (exact) mass is 367 g/mol. The number of hydrogen-bond acceptors (Lipinski definition) is 6. The summed E-state index contributed by atoms with van der Waals surface area (Å²) in [4.78, 5) is 12.0. The van der Waals surface area contributed by atoms with Crippen molar-refractivity contribution in [3.63, 3.8) is 0 Å². The Hall–Kier alpha value is -3.35. The molecule has 3 aromatic rings. The predicted molar refractivity (Wildman–Crippen MR) is 99.4 cm³/mol. The zero-order valence-corrected chi connectivity index (χ0v) is 15.3. The largest absolute Gasteiger partial charge is 0.497 e. The number of methoxy groups -OCH3 is 2. The van der Waals surface area contributed by atoms with Crippen LogP contribution in [0, 0.1) is 0 Å². The Morgan fingerprint density at radius 1 is 1.04 bits per heavy atom. The average Bonchev–Trinajstić information content (AvgIpc) is 3.20. The van der Waals surface area contributed by atoms with Crippen LogP contribution in [0.1, 0.15) is 17.9 Å². The average molecular weight is 367 g/mol. The summed E-state index contributed by atoms with van der Waals surface area (Å²) in [6.45, 7) is 0.460. The Kier molecular flexibility index (Phi) is 6.04. The molecular weight excluding hydrogens is 346 g/mol. The van der Waals surface area contributed by atoms with Crippen molar-refractivity contribution in [2.75, 3.05) is 14.2 Å². The van der Waals surface area contributed by atoms with Gasteiger partial charge in [-0.15, -0.1) is 10.2 Å². The highest BCUT2D eigenvalue weighted by Crippen LogP contribution is 2.22. The van der Waals surface area contributed by atoms with E-state index in [9.17, 15) is 4.79 Å². The van der Waals surface area contributed by atoms with Crippen LogP contribution in [0.5, 0.6) is 11.5 Å². The van der Waals surface area contributed by atoms with Gasteiger partial charge in [-0.2, -0.15) is 0 Å². The molecule has 1 amide bonds. The fourth-order valence-corrected chi connectivity index (χ4v) is 2.48. The third-order valence-corrected chi connectivity index (χ3v) is 4.00. The molecule has 0 radical (unpaired) electrons. The molecule has 7 heteroatoms. The van der Waals surface area contributed by atoms with E-state index in [0.29, 0.717) is 30.5 Å². The molecule has 2 aromatic carbocycles. The number of amides is 1. The second kappa shape index (κ2) is 8.84. The number of carbonyl (C=O) groups excluding carboxylic acids is 1. The van der Waals surface area contributed by atoms with Crippen LogP contribution in [-0.4, -0.2) is 30.3 Å². The Morgan fingerprint density at radius 2 is 1.81 bits per heavy atom. The fourth-order valence-electron chi connectivity index (χ4n) is 2.48. The Morgan fingerprint density at radius 3 is 2.56 bits per heavy atom. The van der Waals surface area contributed by atoms with Crippen molar-refractivity contribution in [1.82, 2.24) is 15.5 Å². The SMILES string of the molecule is COc1ccc(CNC(=O)CCc2nnc(-c3cccc(OC)c3)o2)cc1. The molecule has 0 saturated heterocycles. The number of ether oxygens (including phenoxy) is 2. The van der Waals surface area contributed by atoms with Crippen molar-refractivity contribution in [1.29, 1.82) is 0 Å². The third kappa shape index (κ3) is 5.07. The lowest BCUT2D eigenvalue weighted by Crippen LogP contribution is -2.23. The smallest absolute Gasteiger partial charge is 0.247 e. The molecule has 27 heavy (non-hydrogen) atoms. The first-order valence-corrected chi connectivity index (χ1v) is 8.54. The molecule has 0 bridgehead atoms. The van der Waals surface area contributed by atoms with Gasteiger partial charge in [0, 0.05) is 24.9 Å². The number of rotatable bonds is 8. The van der Waals surface area contributed by atoms with Crippen LogP contribution in [0.3, 0.4) is 0 Å². The molecular formula is C20H21N3O4. The number of benzene rings is 2. The third-order valence-electron chi connectivity index (χ3n) is 4.00. The lowest BCUT2D eigenvalue weighted by molar-refractivity contribution is -0.121. The van der Waals surface area contributed by atoms with E-state index in [1.165, 1.54) is 0 Å². The molecule has 0 saturated carbocycles. The predicted octanol–water partition coefficient (Wildman–Crippen LogP) is 3.00. The van der Waals surface area contributed by atoms with Crippen LogP contribution in [0.2, 0.25) is 0 Å². The maximum absolute atomic E-state index is 12.0. The molecule has 0 aliphatic carbocycles. The summed E-state index contributed by atoms with van der Waals surface area (Å²) >= 11 is 0. The summed E-state index contributed by atoms with van der Waals surface area (Å²) in [7, 11) is 3.22. The number of aromatic nitrogens is 2. The van der Waals surface area contributed by atoms with Crippen LogP contribution < -0.4 is 14.8 Å². The van der Waals surface area contributed by atoms with Crippen molar-refractivity contribution >= 4 is 5.91 Å². The van der Waals surface area contributed by atoms with Gasteiger partial charge in [-0.05, 0) is 35.9 Å². The summed E-state index contributed by atoms with van der Waals surface area (Å²) in [5.74, 6) is 2.25. The van der Waals surface area contributed by atoms with Crippen molar-refractivity contribution in [2.24, 2.45) is 0 Å². The topological polar surface area (TPSA) is 86.5 Å². The normalized spacial score (nSPS) is 10.4. The fraction of sp³-hybridized carbons (Fsp3) is 0.250. The number of aryl methyl sites for hydroxylation is 1. The Labute approximate surface area is 157 Å². The number of nitrogens with one attached hydrogen (secondary N) is 1. The molecule has 1 N–H and O–H groups in total. The second-order valence-electron chi connectivity index (χ2n) is 5.86.